The van der Waals surface area contributed by atoms with E-state index < -0.39 is 11.6 Å². The molecule has 1 aliphatic carbocycles. The SMILES string of the molecule is Nc1cc(F)c(NC2CCCC(CO)C2)c(F)c1. The van der Waals surface area contributed by atoms with E-state index in [-0.39, 0.29) is 29.9 Å². The maximum absolute atomic E-state index is 13.6. The molecule has 0 spiro atoms. The van der Waals surface area contributed by atoms with E-state index in [1.54, 1.807) is 0 Å². The van der Waals surface area contributed by atoms with Gasteiger partial charge in [0.25, 0.3) is 0 Å². The number of benzene rings is 1. The van der Waals surface area contributed by atoms with Crippen molar-refractivity contribution < 1.29 is 13.9 Å². The molecule has 100 valence electrons. The quantitative estimate of drug-likeness (QED) is 0.728. The maximum atomic E-state index is 13.6. The van der Waals surface area contributed by atoms with Gasteiger partial charge in [0.15, 0.2) is 11.6 Å². The molecule has 4 N–H and O–H groups in total. The fourth-order valence-corrected chi connectivity index (χ4v) is 2.52. The van der Waals surface area contributed by atoms with Crippen molar-refractivity contribution in [1.82, 2.24) is 0 Å². The number of aliphatic hydroxyl groups excluding tert-OH is 1. The lowest BCUT2D eigenvalue weighted by molar-refractivity contribution is 0.184. The molecular weight excluding hydrogens is 238 g/mol. The first-order valence-electron chi connectivity index (χ1n) is 6.22. The largest absolute Gasteiger partial charge is 0.399 e. The first-order chi connectivity index (χ1) is 8.60. The fraction of sp³-hybridized carbons (Fsp3) is 0.538. The van der Waals surface area contributed by atoms with Crippen molar-refractivity contribution in [1.29, 1.82) is 0 Å². The lowest BCUT2D eigenvalue weighted by atomic mass is 9.86. The molecule has 3 nitrogen and oxygen atoms in total. The maximum Gasteiger partial charge on any atom is 0.151 e. The van der Waals surface area contributed by atoms with Crippen molar-refractivity contribution in [3.8, 4) is 0 Å². The minimum absolute atomic E-state index is 0.00326. The average molecular weight is 256 g/mol. The topological polar surface area (TPSA) is 58.3 Å². The van der Waals surface area contributed by atoms with E-state index in [1.165, 1.54) is 0 Å². The Kier molecular flexibility index (Phi) is 4.01. The van der Waals surface area contributed by atoms with E-state index in [2.05, 4.69) is 5.32 Å². The van der Waals surface area contributed by atoms with Crippen LogP contribution in [-0.4, -0.2) is 17.8 Å². The molecule has 18 heavy (non-hydrogen) atoms. The van der Waals surface area contributed by atoms with Crippen LogP contribution in [-0.2, 0) is 0 Å². The number of aliphatic hydroxyl groups is 1. The van der Waals surface area contributed by atoms with Gasteiger partial charge in [-0.15, -0.1) is 0 Å². The molecule has 0 bridgehead atoms. The zero-order valence-corrected chi connectivity index (χ0v) is 10.1. The van der Waals surface area contributed by atoms with Crippen molar-refractivity contribution in [3.63, 3.8) is 0 Å². The van der Waals surface area contributed by atoms with Gasteiger partial charge in [-0.1, -0.05) is 6.42 Å². The van der Waals surface area contributed by atoms with E-state index in [0.717, 1.165) is 37.8 Å². The summed E-state index contributed by atoms with van der Waals surface area (Å²) < 4.78 is 27.2. The second-order valence-corrected chi connectivity index (χ2v) is 4.92. The minimum Gasteiger partial charge on any atom is -0.399 e. The lowest BCUT2D eigenvalue weighted by Crippen LogP contribution is -2.29. The molecule has 1 fully saturated rings. The number of halogens is 2. The number of hydrogen-bond donors (Lipinski definition) is 3. The number of rotatable bonds is 3. The van der Waals surface area contributed by atoms with Crippen molar-refractivity contribution in [2.24, 2.45) is 5.92 Å². The molecule has 0 radical (unpaired) electrons. The second-order valence-electron chi connectivity index (χ2n) is 4.92. The van der Waals surface area contributed by atoms with E-state index in [9.17, 15) is 8.78 Å². The van der Waals surface area contributed by atoms with Crippen LogP contribution in [0.15, 0.2) is 12.1 Å². The second kappa shape index (κ2) is 5.52. The zero-order chi connectivity index (χ0) is 13.1. The van der Waals surface area contributed by atoms with Crippen LogP contribution in [0, 0.1) is 17.6 Å². The van der Waals surface area contributed by atoms with E-state index in [1.807, 2.05) is 0 Å². The lowest BCUT2D eigenvalue weighted by Gasteiger charge is -2.29. The van der Waals surface area contributed by atoms with Crippen molar-refractivity contribution >= 4 is 11.4 Å². The first kappa shape index (κ1) is 13.1. The predicted molar refractivity (Wildman–Crippen MR) is 67.2 cm³/mol. The highest BCUT2D eigenvalue weighted by atomic mass is 19.1. The van der Waals surface area contributed by atoms with Gasteiger partial charge in [-0.3, -0.25) is 0 Å². The summed E-state index contributed by atoms with van der Waals surface area (Å²) in [5.41, 5.74) is 5.32. The van der Waals surface area contributed by atoms with Gasteiger partial charge in [-0.2, -0.15) is 0 Å². The van der Waals surface area contributed by atoms with Gasteiger partial charge < -0.3 is 16.2 Å². The summed E-state index contributed by atoms with van der Waals surface area (Å²) >= 11 is 0. The van der Waals surface area contributed by atoms with Crippen LogP contribution >= 0.6 is 0 Å². The Balaban J connectivity index is 2.09. The Hall–Kier alpha value is -1.36. The van der Waals surface area contributed by atoms with Gasteiger partial charge in [0.2, 0.25) is 0 Å². The number of nitrogens with two attached hydrogens (primary N) is 1. The molecule has 2 unspecified atom stereocenters. The summed E-state index contributed by atoms with van der Waals surface area (Å²) in [6, 6.07) is 2.22. The van der Waals surface area contributed by atoms with Gasteiger partial charge in [0, 0.05) is 18.3 Å². The highest BCUT2D eigenvalue weighted by Crippen LogP contribution is 2.29. The molecule has 0 amide bonds. The monoisotopic (exact) mass is 256 g/mol. The highest BCUT2D eigenvalue weighted by molar-refractivity contribution is 5.54. The van der Waals surface area contributed by atoms with Gasteiger partial charge in [0.05, 0.1) is 0 Å². The Bertz CT molecular complexity index is 402. The third-order valence-electron chi connectivity index (χ3n) is 3.45. The standard InChI is InChI=1S/C13H18F2N2O/c14-11-5-9(16)6-12(15)13(11)17-10-3-1-2-8(4-10)7-18/h5-6,8,10,17-18H,1-4,7,16H2. The molecular formula is C13H18F2N2O. The third kappa shape index (κ3) is 2.90. The third-order valence-corrected chi connectivity index (χ3v) is 3.45. The summed E-state index contributed by atoms with van der Waals surface area (Å²) in [6.45, 7) is 0.130. The summed E-state index contributed by atoms with van der Waals surface area (Å²) in [5, 5.41) is 12.0. The van der Waals surface area contributed by atoms with Crippen molar-refractivity contribution in [2.45, 2.75) is 31.7 Å². The molecule has 2 rings (SSSR count). The molecule has 0 heterocycles. The van der Waals surface area contributed by atoms with Crippen molar-refractivity contribution in [2.75, 3.05) is 17.7 Å². The van der Waals surface area contributed by atoms with Gasteiger partial charge in [0.1, 0.15) is 5.69 Å². The Morgan fingerprint density at radius 2 is 1.94 bits per heavy atom. The van der Waals surface area contributed by atoms with Crippen LogP contribution in [0.25, 0.3) is 0 Å². The molecule has 1 aliphatic rings. The van der Waals surface area contributed by atoms with Gasteiger partial charge >= 0.3 is 0 Å². The van der Waals surface area contributed by atoms with Gasteiger partial charge in [-0.25, -0.2) is 8.78 Å². The smallest absolute Gasteiger partial charge is 0.151 e. The molecule has 2 atom stereocenters. The van der Waals surface area contributed by atoms with Crippen LogP contribution < -0.4 is 11.1 Å². The molecule has 1 aromatic rings. The van der Waals surface area contributed by atoms with Crippen LogP contribution in [0.4, 0.5) is 20.2 Å². The predicted octanol–water partition coefficient (Wildman–Crippen LogP) is 2.51. The Labute approximate surface area is 105 Å². The highest BCUT2D eigenvalue weighted by Gasteiger charge is 2.23. The molecule has 1 saturated carbocycles. The number of nitrogens with one attached hydrogen (secondary N) is 1. The molecule has 0 aliphatic heterocycles. The van der Waals surface area contributed by atoms with Gasteiger partial charge in [-0.05, 0) is 37.3 Å². The zero-order valence-electron chi connectivity index (χ0n) is 10.1. The summed E-state index contributed by atoms with van der Waals surface area (Å²) in [4.78, 5) is 0. The summed E-state index contributed by atoms with van der Waals surface area (Å²) in [6.07, 6.45) is 3.53. The number of anilines is 2. The number of hydrogen-bond acceptors (Lipinski definition) is 3. The minimum atomic E-state index is -0.668. The number of nitrogen functional groups attached to an aromatic ring is 1. The van der Waals surface area contributed by atoms with E-state index in [4.69, 9.17) is 10.8 Å². The normalized spacial score (nSPS) is 23.9. The Morgan fingerprint density at radius 3 is 2.56 bits per heavy atom. The average Bonchev–Trinajstić information content (AvgIpc) is 2.34. The van der Waals surface area contributed by atoms with Crippen molar-refractivity contribution in [3.05, 3.63) is 23.8 Å². The van der Waals surface area contributed by atoms with Crippen LogP contribution in [0.1, 0.15) is 25.7 Å². The van der Waals surface area contributed by atoms with Crippen LogP contribution in [0.5, 0.6) is 0 Å². The van der Waals surface area contributed by atoms with Crippen LogP contribution in [0.2, 0.25) is 0 Å². The summed E-state index contributed by atoms with van der Waals surface area (Å²) in [5.74, 6) is -1.12. The van der Waals surface area contributed by atoms with E-state index in [0.29, 0.717) is 0 Å². The first-order valence-corrected chi connectivity index (χ1v) is 6.22. The molecule has 0 saturated heterocycles. The fourth-order valence-electron chi connectivity index (χ4n) is 2.52. The van der Waals surface area contributed by atoms with E-state index >= 15 is 0 Å². The summed E-state index contributed by atoms with van der Waals surface area (Å²) in [7, 11) is 0. The molecule has 5 heteroatoms. The molecule has 1 aromatic carbocycles. The molecule has 0 aromatic heterocycles. The Morgan fingerprint density at radius 1 is 1.28 bits per heavy atom. The van der Waals surface area contributed by atoms with Crippen LogP contribution in [0.3, 0.4) is 0 Å².